The maximum Gasteiger partial charge on any atom is 0.317 e. The number of carboxylic acid groups (broad SMARTS) is 1. The number of piperidine rings is 1. The third-order valence-electron chi connectivity index (χ3n) is 4.46. The molecule has 0 radical (unpaired) electrons. The van der Waals surface area contributed by atoms with Crippen molar-refractivity contribution < 1.29 is 19.4 Å². The average molecular weight is 358 g/mol. The molecule has 2 aromatic rings. The van der Waals surface area contributed by atoms with Gasteiger partial charge in [-0.25, -0.2) is 9.48 Å². The number of carbonyl (C=O) groups is 2. The van der Waals surface area contributed by atoms with Gasteiger partial charge in [0.1, 0.15) is 5.75 Å². The minimum atomic E-state index is -0.847. The summed E-state index contributed by atoms with van der Waals surface area (Å²) in [5.74, 6) is -0.556. The number of aromatic nitrogens is 2. The lowest BCUT2D eigenvalue weighted by atomic mass is 9.99. The second kappa shape index (κ2) is 7.90. The summed E-state index contributed by atoms with van der Waals surface area (Å²) in [6.07, 6.45) is 3.15. The van der Waals surface area contributed by atoms with Gasteiger partial charge in [-0.1, -0.05) is 0 Å². The molecule has 0 spiro atoms. The van der Waals surface area contributed by atoms with Gasteiger partial charge in [-0.05, 0) is 43.2 Å². The SMILES string of the molecule is COc1ccc(-n2ccc(CNC(=O)N3CCCC(C(=O)O)C3)n2)cc1. The predicted molar refractivity (Wildman–Crippen MR) is 94.3 cm³/mol. The predicted octanol–water partition coefficient (Wildman–Crippen LogP) is 1.89. The Morgan fingerprint density at radius 3 is 2.77 bits per heavy atom. The molecule has 0 aliphatic carbocycles. The van der Waals surface area contributed by atoms with Crippen molar-refractivity contribution in [2.75, 3.05) is 20.2 Å². The standard InChI is InChI=1S/C18H22N4O4/c1-26-16-6-4-15(5-7-16)22-10-8-14(20-22)11-19-18(25)21-9-2-3-13(12-21)17(23)24/h4-8,10,13H,2-3,9,11-12H2,1H3,(H,19,25)(H,23,24). The Bertz CT molecular complexity index is 772. The number of likely N-dealkylation sites (tertiary alicyclic amines) is 1. The molecule has 1 aromatic carbocycles. The van der Waals surface area contributed by atoms with Crippen LogP contribution in [0.5, 0.6) is 5.75 Å². The van der Waals surface area contributed by atoms with E-state index >= 15 is 0 Å². The number of urea groups is 1. The molecule has 1 atom stereocenters. The van der Waals surface area contributed by atoms with E-state index in [1.165, 1.54) is 0 Å². The van der Waals surface area contributed by atoms with Crippen LogP contribution >= 0.6 is 0 Å². The fourth-order valence-corrected chi connectivity index (χ4v) is 2.98. The lowest BCUT2D eigenvalue weighted by Crippen LogP contribution is -2.46. The second-order valence-electron chi connectivity index (χ2n) is 6.23. The Hall–Kier alpha value is -3.03. The monoisotopic (exact) mass is 358 g/mol. The largest absolute Gasteiger partial charge is 0.497 e. The fourth-order valence-electron chi connectivity index (χ4n) is 2.98. The van der Waals surface area contributed by atoms with Crippen molar-refractivity contribution in [1.29, 1.82) is 0 Å². The number of ether oxygens (including phenoxy) is 1. The molecule has 1 aliphatic heterocycles. The quantitative estimate of drug-likeness (QED) is 0.851. The van der Waals surface area contributed by atoms with Gasteiger partial charge in [0.15, 0.2) is 0 Å². The Balaban J connectivity index is 1.55. The summed E-state index contributed by atoms with van der Waals surface area (Å²) in [5.41, 5.74) is 1.62. The molecule has 1 aliphatic rings. The minimum Gasteiger partial charge on any atom is -0.497 e. The molecule has 1 unspecified atom stereocenters. The van der Waals surface area contributed by atoms with Crippen LogP contribution < -0.4 is 10.1 Å². The van der Waals surface area contributed by atoms with Crippen LogP contribution in [0.2, 0.25) is 0 Å². The lowest BCUT2D eigenvalue weighted by Gasteiger charge is -2.30. The number of aliphatic carboxylic acids is 1. The Kier molecular flexibility index (Phi) is 5.40. The first kappa shape index (κ1) is 17.8. The van der Waals surface area contributed by atoms with Crippen molar-refractivity contribution in [1.82, 2.24) is 20.0 Å². The topological polar surface area (TPSA) is 96.7 Å². The van der Waals surface area contributed by atoms with Crippen molar-refractivity contribution in [2.24, 2.45) is 5.92 Å². The van der Waals surface area contributed by atoms with Gasteiger partial charge in [-0.2, -0.15) is 5.10 Å². The zero-order valence-electron chi connectivity index (χ0n) is 14.6. The minimum absolute atomic E-state index is 0.251. The number of rotatable bonds is 5. The first-order valence-electron chi connectivity index (χ1n) is 8.51. The fraction of sp³-hybridized carbons (Fsp3) is 0.389. The maximum absolute atomic E-state index is 12.3. The molecule has 0 bridgehead atoms. The Labute approximate surface area is 151 Å². The van der Waals surface area contributed by atoms with E-state index in [0.717, 1.165) is 17.1 Å². The number of carboxylic acids is 1. The highest BCUT2D eigenvalue weighted by molar-refractivity contribution is 5.76. The van der Waals surface area contributed by atoms with Crippen molar-refractivity contribution in [3.05, 3.63) is 42.2 Å². The van der Waals surface area contributed by atoms with Gasteiger partial charge in [0.05, 0.1) is 31.0 Å². The third-order valence-corrected chi connectivity index (χ3v) is 4.46. The van der Waals surface area contributed by atoms with Gasteiger partial charge >= 0.3 is 12.0 Å². The first-order valence-corrected chi connectivity index (χ1v) is 8.51. The van der Waals surface area contributed by atoms with Crippen molar-refractivity contribution in [3.63, 3.8) is 0 Å². The molecule has 26 heavy (non-hydrogen) atoms. The molecular formula is C18H22N4O4. The van der Waals surface area contributed by atoms with Crippen molar-refractivity contribution in [2.45, 2.75) is 19.4 Å². The molecule has 1 aromatic heterocycles. The van der Waals surface area contributed by atoms with E-state index in [1.807, 2.05) is 36.5 Å². The van der Waals surface area contributed by atoms with Crippen LogP contribution in [0.4, 0.5) is 4.79 Å². The van der Waals surface area contributed by atoms with Gasteiger partial charge in [0, 0.05) is 19.3 Å². The number of amides is 2. The van der Waals surface area contributed by atoms with E-state index in [1.54, 1.807) is 16.7 Å². The summed E-state index contributed by atoms with van der Waals surface area (Å²) in [7, 11) is 1.62. The van der Waals surface area contributed by atoms with Crippen LogP contribution in [0.1, 0.15) is 18.5 Å². The number of hydrogen-bond donors (Lipinski definition) is 2. The van der Waals surface area contributed by atoms with Gasteiger partial charge in [-0.3, -0.25) is 4.79 Å². The van der Waals surface area contributed by atoms with Gasteiger partial charge in [-0.15, -0.1) is 0 Å². The van der Waals surface area contributed by atoms with E-state index in [0.29, 0.717) is 19.4 Å². The van der Waals surface area contributed by atoms with E-state index in [4.69, 9.17) is 9.84 Å². The number of nitrogens with zero attached hydrogens (tertiary/aromatic N) is 3. The highest BCUT2D eigenvalue weighted by atomic mass is 16.5. The third kappa shape index (κ3) is 4.14. The summed E-state index contributed by atoms with van der Waals surface area (Å²) in [6, 6.07) is 9.08. The molecule has 1 fully saturated rings. The summed E-state index contributed by atoms with van der Waals surface area (Å²) in [6.45, 7) is 1.12. The Morgan fingerprint density at radius 2 is 2.08 bits per heavy atom. The van der Waals surface area contributed by atoms with Crippen molar-refractivity contribution >= 4 is 12.0 Å². The molecule has 8 nitrogen and oxygen atoms in total. The van der Waals surface area contributed by atoms with Crippen LogP contribution in [0.15, 0.2) is 36.5 Å². The highest BCUT2D eigenvalue weighted by Crippen LogP contribution is 2.17. The summed E-state index contributed by atoms with van der Waals surface area (Å²) in [5, 5.41) is 16.4. The average Bonchev–Trinajstić information content (AvgIpc) is 3.15. The van der Waals surface area contributed by atoms with Gasteiger partial charge in [0.2, 0.25) is 0 Å². The first-order chi connectivity index (χ1) is 12.6. The van der Waals surface area contributed by atoms with Crippen LogP contribution in [-0.2, 0) is 11.3 Å². The zero-order valence-corrected chi connectivity index (χ0v) is 14.6. The summed E-state index contributed by atoms with van der Waals surface area (Å²) < 4.78 is 6.86. The van der Waals surface area contributed by atoms with Crippen LogP contribution in [0.3, 0.4) is 0 Å². The maximum atomic E-state index is 12.3. The van der Waals surface area contributed by atoms with E-state index in [2.05, 4.69) is 10.4 Å². The van der Waals surface area contributed by atoms with E-state index < -0.39 is 11.9 Å². The zero-order chi connectivity index (χ0) is 18.5. The van der Waals surface area contributed by atoms with E-state index in [9.17, 15) is 9.59 Å². The molecular weight excluding hydrogens is 336 g/mol. The molecule has 2 N–H and O–H groups in total. The molecule has 2 amide bonds. The number of hydrogen-bond acceptors (Lipinski definition) is 4. The molecule has 3 rings (SSSR count). The van der Waals surface area contributed by atoms with E-state index in [-0.39, 0.29) is 19.1 Å². The number of methoxy groups -OCH3 is 1. The lowest BCUT2D eigenvalue weighted by molar-refractivity contribution is -0.143. The Morgan fingerprint density at radius 1 is 1.31 bits per heavy atom. The second-order valence-corrected chi connectivity index (χ2v) is 6.23. The summed E-state index contributed by atoms with van der Waals surface area (Å²) in [4.78, 5) is 24.9. The van der Waals surface area contributed by atoms with Crippen LogP contribution in [0.25, 0.3) is 5.69 Å². The van der Waals surface area contributed by atoms with Gasteiger partial charge < -0.3 is 20.1 Å². The van der Waals surface area contributed by atoms with Crippen LogP contribution in [0, 0.1) is 5.92 Å². The van der Waals surface area contributed by atoms with Crippen molar-refractivity contribution in [3.8, 4) is 11.4 Å². The molecule has 1 saturated heterocycles. The smallest absolute Gasteiger partial charge is 0.317 e. The normalized spacial score (nSPS) is 17.0. The molecule has 2 heterocycles. The summed E-state index contributed by atoms with van der Waals surface area (Å²) >= 11 is 0. The molecule has 8 heteroatoms. The highest BCUT2D eigenvalue weighted by Gasteiger charge is 2.27. The van der Waals surface area contributed by atoms with Gasteiger partial charge in [0.25, 0.3) is 0 Å². The number of nitrogens with one attached hydrogen (secondary N) is 1. The number of carbonyl (C=O) groups excluding carboxylic acids is 1. The molecule has 0 saturated carbocycles. The molecule has 138 valence electrons. The number of benzene rings is 1. The van der Waals surface area contributed by atoms with Crippen LogP contribution in [-0.4, -0.2) is 52.0 Å².